The van der Waals surface area contributed by atoms with E-state index in [1.54, 1.807) is 36.1 Å². The molecule has 0 fully saturated rings. The zero-order chi connectivity index (χ0) is 20.2. The minimum absolute atomic E-state index is 0.198. The van der Waals surface area contributed by atoms with Crippen molar-refractivity contribution in [1.82, 2.24) is 29.9 Å². The van der Waals surface area contributed by atoms with Crippen molar-refractivity contribution in [2.24, 2.45) is 0 Å². The van der Waals surface area contributed by atoms with Gasteiger partial charge in [-0.15, -0.1) is 20.4 Å². The lowest BCUT2D eigenvalue weighted by Crippen LogP contribution is -2.13. The van der Waals surface area contributed by atoms with Gasteiger partial charge in [0.05, 0.1) is 0 Å². The summed E-state index contributed by atoms with van der Waals surface area (Å²) >= 11 is 1.38. The molecule has 3 aromatic heterocycles. The number of aromatic nitrogens is 6. The number of rotatable bonds is 6. The van der Waals surface area contributed by atoms with E-state index in [-0.39, 0.29) is 11.9 Å². The van der Waals surface area contributed by atoms with E-state index in [9.17, 15) is 4.79 Å². The molecule has 0 atom stereocenters. The Morgan fingerprint density at radius 3 is 2.76 bits per heavy atom. The fourth-order valence-electron chi connectivity index (χ4n) is 2.71. The van der Waals surface area contributed by atoms with Crippen LogP contribution in [0.1, 0.15) is 30.2 Å². The number of nitrogens with one attached hydrogen (secondary N) is 2. The molecule has 0 bridgehead atoms. The highest BCUT2D eigenvalue weighted by Crippen LogP contribution is 2.21. The van der Waals surface area contributed by atoms with E-state index in [2.05, 4.69) is 36.0 Å². The number of benzene rings is 1. The topological polar surface area (TPSA) is 111 Å². The van der Waals surface area contributed by atoms with Crippen LogP contribution in [0.15, 0.2) is 54.3 Å². The van der Waals surface area contributed by atoms with Gasteiger partial charge in [-0.05, 0) is 44.2 Å². The van der Waals surface area contributed by atoms with E-state index >= 15 is 0 Å². The van der Waals surface area contributed by atoms with Gasteiger partial charge in [0, 0.05) is 17.3 Å². The summed E-state index contributed by atoms with van der Waals surface area (Å²) in [5.74, 6) is 0.827. The van der Waals surface area contributed by atoms with Crippen molar-refractivity contribution in [2.45, 2.75) is 19.9 Å². The first-order valence-electron chi connectivity index (χ1n) is 8.91. The smallest absolute Gasteiger partial charge is 0.256 e. The maximum atomic E-state index is 12.7. The van der Waals surface area contributed by atoms with Gasteiger partial charge in [0.15, 0.2) is 5.82 Å². The van der Waals surface area contributed by atoms with Gasteiger partial charge in [0.1, 0.15) is 23.3 Å². The average molecular weight is 406 g/mol. The number of carbonyl (C=O) groups excluding carboxylic acids is 1. The van der Waals surface area contributed by atoms with E-state index in [1.165, 1.54) is 11.3 Å². The lowest BCUT2D eigenvalue weighted by atomic mass is 10.2. The van der Waals surface area contributed by atoms with Crippen LogP contribution in [0.3, 0.4) is 0 Å². The number of hydrogen-bond acceptors (Lipinski definition) is 8. The molecule has 0 aliphatic carbocycles. The van der Waals surface area contributed by atoms with E-state index < -0.39 is 0 Å². The van der Waals surface area contributed by atoms with Gasteiger partial charge in [-0.25, -0.2) is 4.98 Å². The molecule has 0 aliphatic rings. The van der Waals surface area contributed by atoms with Crippen molar-refractivity contribution >= 4 is 33.9 Å². The molecule has 0 saturated heterocycles. The van der Waals surface area contributed by atoms with Crippen LogP contribution in [-0.2, 0) is 0 Å². The molecule has 0 saturated carbocycles. The number of anilines is 3. The predicted molar refractivity (Wildman–Crippen MR) is 111 cm³/mol. The molecule has 0 aliphatic heterocycles. The van der Waals surface area contributed by atoms with Gasteiger partial charge in [0.2, 0.25) is 5.13 Å². The van der Waals surface area contributed by atoms with E-state index in [0.29, 0.717) is 28.0 Å². The highest BCUT2D eigenvalue weighted by molar-refractivity contribution is 7.13. The van der Waals surface area contributed by atoms with Gasteiger partial charge < -0.3 is 15.2 Å². The van der Waals surface area contributed by atoms with Gasteiger partial charge in [0.25, 0.3) is 5.91 Å². The molecule has 1 amide bonds. The Morgan fingerprint density at radius 2 is 1.97 bits per heavy atom. The first-order valence-corrected chi connectivity index (χ1v) is 9.79. The largest absolute Gasteiger partial charge is 0.330 e. The summed E-state index contributed by atoms with van der Waals surface area (Å²) in [6.45, 7) is 4.09. The van der Waals surface area contributed by atoms with Crippen LogP contribution >= 0.6 is 11.3 Å². The zero-order valence-corrected chi connectivity index (χ0v) is 16.6. The molecular formula is C19H18N8OS. The summed E-state index contributed by atoms with van der Waals surface area (Å²) in [6, 6.07) is 12.7. The zero-order valence-electron chi connectivity index (χ0n) is 15.8. The lowest BCUT2D eigenvalue weighted by Gasteiger charge is -2.11. The van der Waals surface area contributed by atoms with Crippen LogP contribution in [0.25, 0.3) is 11.5 Å². The molecule has 0 unspecified atom stereocenters. The monoisotopic (exact) mass is 406 g/mol. The standard InChI is InChI=1S/C19H18N8OS/c1-12(2)27-10-20-25-17(27)15-7-4-8-16(23-15)24-18(28)13-5-3-6-14(9-13)22-19-26-21-11-29-19/h3-12H,1-2H3,(H,22,26)(H,23,24,28). The number of carbonyl (C=O) groups is 1. The van der Waals surface area contributed by atoms with Crippen molar-refractivity contribution in [2.75, 3.05) is 10.6 Å². The van der Waals surface area contributed by atoms with Crippen LogP contribution < -0.4 is 10.6 Å². The van der Waals surface area contributed by atoms with Crippen LogP contribution in [0, 0.1) is 0 Å². The van der Waals surface area contributed by atoms with Crippen molar-refractivity contribution < 1.29 is 4.79 Å². The van der Waals surface area contributed by atoms with Crippen LogP contribution in [0.5, 0.6) is 0 Å². The third-order valence-electron chi connectivity index (χ3n) is 4.09. The first-order chi connectivity index (χ1) is 14.1. The second-order valence-electron chi connectivity index (χ2n) is 6.47. The van der Waals surface area contributed by atoms with Crippen molar-refractivity contribution in [3.05, 3.63) is 59.9 Å². The summed E-state index contributed by atoms with van der Waals surface area (Å²) in [5, 5.41) is 22.5. The maximum absolute atomic E-state index is 12.7. The molecule has 1 aromatic carbocycles. The Kier molecular flexibility index (Phi) is 5.25. The number of nitrogens with zero attached hydrogens (tertiary/aromatic N) is 6. The summed E-state index contributed by atoms with van der Waals surface area (Å²) < 4.78 is 1.93. The van der Waals surface area contributed by atoms with Crippen molar-refractivity contribution in [3.8, 4) is 11.5 Å². The van der Waals surface area contributed by atoms with E-state index in [0.717, 1.165) is 5.69 Å². The van der Waals surface area contributed by atoms with Crippen LogP contribution in [0.4, 0.5) is 16.6 Å². The first kappa shape index (κ1) is 18.7. The average Bonchev–Trinajstić information content (AvgIpc) is 3.40. The van der Waals surface area contributed by atoms with E-state index in [1.807, 2.05) is 36.6 Å². The van der Waals surface area contributed by atoms with Crippen LogP contribution in [0.2, 0.25) is 0 Å². The summed E-state index contributed by atoms with van der Waals surface area (Å²) in [6.07, 6.45) is 1.67. The molecular weight excluding hydrogens is 388 g/mol. The second kappa shape index (κ2) is 8.15. The summed E-state index contributed by atoms with van der Waals surface area (Å²) in [5.41, 5.74) is 3.52. The summed E-state index contributed by atoms with van der Waals surface area (Å²) in [4.78, 5) is 17.2. The third-order valence-corrected chi connectivity index (χ3v) is 4.69. The number of amides is 1. The molecule has 9 nitrogen and oxygen atoms in total. The predicted octanol–water partition coefficient (Wildman–Crippen LogP) is 3.77. The summed E-state index contributed by atoms with van der Waals surface area (Å²) in [7, 11) is 0. The Hall–Kier alpha value is -3.66. The molecule has 0 radical (unpaired) electrons. The molecule has 0 spiro atoms. The Bertz CT molecular complexity index is 1120. The van der Waals surface area contributed by atoms with E-state index in [4.69, 9.17) is 0 Å². The molecule has 3 heterocycles. The van der Waals surface area contributed by atoms with Gasteiger partial charge in [-0.3, -0.25) is 4.79 Å². The molecule has 10 heteroatoms. The number of pyridine rings is 1. The quantitative estimate of drug-likeness (QED) is 0.501. The normalized spacial score (nSPS) is 10.9. The third kappa shape index (κ3) is 4.27. The molecule has 4 aromatic rings. The number of hydrogen-bond donors (Lipinski definition) is 2. The van der Waals surface area contributed by atoms with Crippen molar-refractivity contribution in [3.63, 3.8) is 0 Å². The Balaban J connectivity index is 1.52. The molecule has 29 heavy (non-hydrogen) atoms. The minimum Gasteiger partial charge on any atom is -0.330 e. The molecule has 4 rings (SSSR count). The highest BCUT2D eigenvalue weighted by atomic mass is 32.1. The Morgan fingerprint density at radius 1 is 1.10 bits per heavy atom. The highest BCUT2D eigenvalue weighted by Gasteiger charge is 2.13. The fourth-order valence-corrected chi connectivity index (χ4v) is 3.18. The Labute approximate surface area is 170 Å². The van der Waals surface area contributed by atoms with Gasteiger partial charge in [-0.2, -0.15) is 0 Å². The SMILES string of the molecule is CC(C)n1cnnc1-c1cccc(NC(=O)c2cccc(Nc3nncs3)c2)n1. The maximum Gasteiger partial charge on any atom is 0.256 e. The lowest BCUT2D eigenvalue weighted by molar-refractivity contribution is 0.102. The van der Waals surface area contributed by atoms with Gasteiger partial charge in [-0.1, -0.05) is 23.5 Å². The van der Waals surface area contributed by atoms with Gasteiger partial charge >= 0.3 is 0 Å². The van der Waals surface area contributed by atoms with Crippen molar-refractivity contribution in [1.29, 1.82) is 0 Å². The fraction of sp³-hybridized carbons (Fsp3) is 0.158. The second-order valence-corrected chi connectivity index (χ2v) is 7.30. The van der Waals surface area contributed by atoms with Crippen LogP contribution in [-0.4, -0.2) is 35.9 Å². The molecule has 2 N–H and O–H groups in total. The minimum atomic E-state index is -0.263. The molecule has 146 valence electrons.